The molecule has 0 radical (unpaired) electrons. The number of rotatable bonds is 10. The molecule has 2 aromatic rings. The minimum atomic E-state index is -1.51. The zero-order valence-electron chi connectivity index (χ0n) is 25.1. The maximum atomic E-state index is 13.1. The number of Topliss-reactive ketones (excluding diaryl/α,β-unsaturated/α-hetero) is 1. The smallest absolute Gasteiger partial charge is 0.303 e. The van der Waals surface area contributed by atoms with E-state index in [-0.39, 0.29) is 23.5 Å². The van der Waals surface area contributed by atoms with Crippen molar-refractivity contribution in [1.29, 1.82) is 0 Å². The highest BCUT2D eigenvalue weighted by Crippen LogP contribution is 2.34. The first-order valence-corrected chi connectivity index (χ1v) is 14.1. The number of esters is 4. The molecule has 45 heavy (non-hydrogen) atoms. The van der Waals surface area contributed by atoms with E-state index in [0.717, 1.165) is 40.2 Å². The Morgan fingerprint density at radius 1 is 0.778 bits per heavy atom. The first-order chi connectivity index (χ1) is 21.4. The summed E-state index contributed by atoms with van der Waals surface area (Å²) in [6, 6.07) is 9.08. The highest BCUT2D eigenvalue weighted by atomic mass is 16.7. The fraction of sp³-hybridized carbons (Fsp3) is 0.452. The molecule has 1 saturated heterocycles. The summed E-state index contributed by atoms with van der Waals surface area (Å²) in [6.07, 6.45) is -6.27. The molecule has 1 fully saturated rings. The number of carbonyl (C=O) groups is 5. The van der Waals surface area contributed by atoms with Gasteiger partial charge in [0.1, 0.15) is 24.2 Å². The molecule has 5 atom stereocenters. The fourth-order valence-electron chi connectivity index (χ4n) is 4.84. The molecular weight excluding hydrogens is 596 g/mol. The van der Waals surface area contributed by atoms with Gasteiger partial charge < -0.3 is 43.0 Å². The van der Waals surface area contributed by atoms with Gasteiger partial charge in [0, 0.05) is 46.6 Å². The molecule has 0 spiro atoms. The van der Waals surface area contributed by atoms with Crippen LogP contribution >= 0.6 is 0 Å². The fourth-order valence-corrected chi connectivity index (χ4v) is 4.84. The summed E-state index contributed by atoms with van der Waals surface area (Å²) in [4.78, 5) is 60.6. The van der Waals surface area contributed by atoms with Crippen LogP contribution < -0.4 is 14.2 Å². The van der Waals surface area contributed by atoms with Crippen molar-refractivity contribution >= 4 is 29.7 Å². The van der Waals surface area contributed by atoms with Gasteiger partial charge in [-0.05, 0) is 29.8 Å². The summed E-state index contributed by atoms with van der Waals surface area (Å²) in [7, 11) is 0. The van der Waals surface area contributed by atoms with Crippen LogP contribution in [0, 0.1) is 0 Å². The minimum absolute atomic E-state index is 0.0102. The van der Waals surface area contributed by atoms with Crippen molar-refractivity contribution in [2.24, 2.45) is 0 Å². The van der Waals surface area contributed by atoms with Crippen LogP contribution in [-0.4, -0.2) is 85.3 Å². The highest BCUT2D eigenvalue weighted by Gasteiger charge is 2.53. The van der Waals surface area contributed by atoms with Crippen LogP contribution in [0.3, 0.4) is 0 Å². The van der Waals surface area contributed by atoms with E-state index in [1.165, 1.54) is 12.1 Å². The average Bonchev–Trinajstić information content (AvgIpc) is 3.19. The zero-order chi connectivity index (χ0) is 32.7. The Balaban J connectivity index is 1.57. The molecule has 242 valence electrons. The van der Waals surface area contributed by atoms with E-state index < -0.39 is 66.9 Å². The highest BCUT2D eigenvalue weighted by molar-refractivity contribution is 6.00. The molecule has 0 saturated carbocycles. The second kappa shape index (κ2) is 14.8. The van der Waals surface area contributed by atoms with Crippen LogP contribution in [0.2, 0.25) is 0 Å². The number of fused-ring (bicyclic) bond motifs is 1. The second-order valence-electron chi connectivity index (χ2n) is 10.3. The number of hydrogen-bond acceptors (Lipinski definition) is 14. The maximum Gasteiger partial charge on any atom is 0.303 e. The molecular formula is C31H34O14. The molecule has 0 aromatic heterocycles. The third-order valence-electron chi connectivity index (χ3n) is 6.65. The van der Waals surface area contributed by atoms with Gasteiger partial charge in [0.05, 0.1) is 18.8 Å². The molecule has 1 N–H and O–H groups in total. The molecule has 0 amide bonds. The Labute approximate surface area is 258 Å². The molecule has 2 aliphatic heterocycles. The molecule has 0 aliphatic carbocycles. The van der Waals surface area contributed by atoms with Crippen LogP contribution in [0.15, 0.2) is 36.4 Å². The Bertz CT molecular complexity index is 1440. The van der Waals surface area contributed by atoms with E-state index in [0.29, 0.717) is 30.3 Å². The molecule has 0 unspecified atom stereocenters. The van der Waals surface area contributed by atoms with Crippen molar-refractivity contribution in [3.63, 3.8) is 0 Å². The van der Waals surface area contributed by atoms with Crippen molar-refractivity contribution in [3.05, 3.63) is 47.5 Å². The largest absolute Gasteiger partial charge is 0.507 e. The molecule has 2 heterocycles. The van der Waals surface area contributed by atoms with Gasteiger partial charge in [-0.25, -0.2) is 0 Å². The average molecular weight is 631 g/mol. The summed E-state index contributed by atoms with van der Waals surface area (Å²) < 4.78 is 44.3. The monoisotopic (exact) mass is 630 g/mol. The molecule has 0 bridgehead atoms. The number of carbonyl (C=O) groups excluding carboxylic acids is 5. The SMILES string of the molecule is CC(=O)OC[C@@H]1O[C@H](Oc2ccc(C(=O)Cc3ccc4c(c3)OCCCO4)c(O)c2)[C@@H](OC(C)=O)[C@@H](OC(C)=O)[C@@H]1OC(C)=O. The minimum Gasteiger partial charge on any atom is -0.507 e. The molecule has 2 aliphatic rings. The topological polar surface area (TPSA) is 179 Å². The van der Waals surface area contributed by atoms with Gasteiger partial charge in [-0.3, -0.25) is 24.0 Å². The molecule has 4 rings (SSSR count). The van der Waals surface area contributed by atoms with E-state index in [2.05, 4.69) is 0 Å². The predicted molar refractivity (Wildman–Crippen MR) is 151 cm³/mol. The standard InChI is InChI=1S/C31H34O14/c1-16(32)40-15-27-28(41-17(2)33)29(42-18(3)34)30(43-19(4)35)31(45-27)44-21-7-8-22(24(37)14-21)23(36)12-20-6-9-25-26(13-20)39-11-5-10-38-25/h6-9,13-14,27-31,37H,5,10-12,15H2,1-4H3/t27-,28+,29-,30-,31-/m0/s1. The quantitative estimate of drug-likeness (QED) is 0.230. The Kier molecular flexibility index (Phi) is 10.8. The summed E-state index contributed by atoms with van der Waals surface area (Å²) in [6.45, 7) is 5.06. The number of aromatic hydroxyl groups is 1. The summed E-state index contributed by atoms with van der Waals surface area (Å²) in [5, 5.41) is 10.8. The number of phenols is 1. The van der Waals surface area contributed by atoms with E-state index in [4.69, 9.17) is 37.9 Å². The number of hydrogen-bond donors (Lipinski definition) is 1. The lowest BCUT2D eigenvalue weighted by Gasteiger charge is -2.43. The number of phenolic OH excluding ortho intramolecular Hbond substituents is 1. The van der Waals surface area contributed by atoms with Crippen LogP contribution in [0.5, 0.6) is 23.0 Å². The van der Waals surface area contributed by atoms with Gasteiger partial charge in [-0.2, -0.15) is 0 Å². The molecule has 14 nitrogen and oxygen atoms in total. The van der Waals surface area contributed by atoms with Crippen molar-refractivity contribution < 1.29 is 67.0 Å². The second-order valence-corrected chi connectivity index (χ2v) is 10.3. The van der Waals surface area contributed by atoms with Gasteiger partial charge in [0.2, 0.25) is 12.4 Å². The third-order valence-corrected chi connectivity index (χ3v) is 6.65. The first-order valence-electron chi connectivity index (χ1n) is 14.1. The third kappa shape index (κ3) is 8.85. The Hall–Kier alpha value is -4.85. The predicted octanol–water partition coefficient (Wildman–Crippen LogP) is 2.44. The Morgan fingerprint density at radius 3 is 2.07 bits per heavy atom. The van der Waals surface area contributed by atoms with E-state index in [9.17, 15) is 29.1 Å². The lowest BCUT2D eigenvalue weighted by Crippen LogP contribution is -2.63. The summed E-state index contributed by atoms with van der Waals surface area (Å²) >= 11 is 0. The number of ether oxygens (including phenoxy) is 8. The van der Waals surface area contributed by atoms with Gasteiger partial charge >= 0.3 is 23.9 Å². The lowest BCUT2D eigenvalue weighted by molar-refractivity contribution is -0.288. The van der Waals surface area contributed by atoms with Crippen LogP contribution in [-0.2, 0) is 49.3 Å². The Morgan fingerprint density at radius 2 is 1.42 bits per heavy atom. The number of ketones is 1. The van der Waals surface area contributed by atoms with Gasteiger partial charge in [-0.1, -0.05) is 6.07 Å². The maximum absolute atomic E-state index is 13.1. The lowest BCUT2D eigenvalue weighted by atomic mass is 9.98. The molecule has 14 heteroatoms. The van der Waals surface area contributed by atoms with E-state index >= 15 is 0 Å². The van der Waals surface area contributed by atoms with Crippen LogP contribution in [0.4, 0.5) is 0 Å². The van der Waals surface area contributed by atoms with Crippen molar-refractivity contribution in [1.82, 2.24) is 0 Å². The van der Waals surface area contributed by atoms with Gasteiger partial charge in [-0.15, -0.1) is 0 Å². The van der Waals surface area contributed by atoms with Crippen molar-refractivity contribution in [2.75, 3.05) is 19.8 Å². The first kappa shape index (κ1) is 33.1. The van der Waals surface area contributed by atoms with Crippen LogP contribution in [0.1, 0.15) is 50.0 Å². The van der Waals surface area contributed by atoms with Gasteiger partial charge in [0.25, 0.3) is 0 Å². The molecule has 2 aromatic carbocycles. The van der Waals surface area contributed by atoms with E-state index in [1.54, 1.807) is 18.2 Å². The van der Waals surface area contributed by atoms with Crippen molar-refractivity contribution in [3.8, 4) is 23.0 Å². The summed E-state index contributed by atoms with van der Waals surface area (Å²) in [5.74, 6) is -2.71. The normalized spacial score (nSPS) is 22.3. The summed E-state index contributed by atoms with van der Waals surface area (Å²) in [5.41, 5.74) is 0.664. The van der Waals surface area contributed by atoms with E-state index in [1.807, 2.05) is 0 Å². The zero-order valence-corrected chi connectivity index (χ0v) is 25.1. The number of benzene rings is 2. The van der Waals surface area contributed by atoms with Crippen molar-refractivity contribution in [2.45, 2.75) is 71.2 Å². The van der Waals surface area contributed by atoms with Gasteiger partial charge in [0.15, 0.2) is 29.5 Å². The van der Waals surface area contributed by atoms with Crippen LogP contribution in [0.25, 0.3) is 0 Å².